The Bertz CT molecular complexity index is 1300. The molecule has 0 bridgehead atoms. The summed E-state index contributed by atoms with van der Waals surface area (Å²) in [6.45, 7) is 0.0958. The Morgan fingerprint density at radius 1 is 1.14 bits per heavy atom. The van der Waals surface area contributed by atoms with Crippen LogP contribution in [0.4, 0.5) is 10.1 Å². The number of carbonyl (C=O) groups excluding carboxylic acids is 1. The number of halogens is 1. The number of pyridine rings is 1. The van der Waals surface area contributed by atoms with Crippen molar-refractivity contribution in [3.05, 3.63) is 78.3 Å². The lowest BCUT2D eigenvalue weighted by atomic mass is 10.3. The van der Waals surface area contributed by atoms with E-state index in [1.54, 1.807) is 16.7 Å². The molecule has 148 valence electrons. The lowest BCUT2D eigenvalue weighted by Crippen LogP contribution is -2.24. The first-order valence-electron chi connectivity index (χ1n) is 8.47. The highest BCUT2D eigenvalue weighted by Crippen LogP contribution is 2.19. The van der Waals surface area contributed by atoms with Crippen LogP contribution in [0.25, 0.3) is 5.65 Å². The van der Waals surface area contributed by atoms with Gasteiger partial charge in [-0.2, -0.15) is 0 Å². The molecule has 0 unspecified atom stereocenters. The number of aromatic amines is 1. The van der Waals surface area contributed by atoms with E-state index in [2.05, 4.69) is 25.2 Å². The molecular formula is C18H15FN6O3S. The molecule has 0 radical (unpaired) electrons. The lowest BCUT2D eigenvalue weighted by Gasteiger charge is -2.06. The SMILES string of the molecule is O=C(NCc1nnc2ccccn12)c1cc(S(=O)(=O)Nc2ccccc2F)c[nH]1. The minimum Gasteiger partial charge on any atom is -0.356 e. The van der Waals surface area contributed by atoms with Crippen LogP contribution >= 0.6 is 0 Å². The number of anilines is 1. The van der Waals surface area contributed by atoms with Crippen LogP contribution < -0.4 is 10.0 Å². The van der Waals surface area contributed by atoms with E-state index in [4.69, 9.17) is 0 Å². The Balaban J connectivity index is 1.46. The van der Waals surface area contributed by atoms with Crippen LogP contribution in [0.15, 0.2) is 65.8 Å². The first-order chi connectivity index (χ1) is 13.9. The van der Waals surface area contributed by atoms with Crippen molar-refractivity contribution < 1.29 is 17.6 Å². The van der Waals surface area contributed by atoms with Crippen LogP contribution in [0.5, 0.6) is 0 Å². The maximum absolute atomic E-state index is 13.7. The second kappa shape index (κ2) is 7.36. The molecule has 3 N–H and O–H groups in total. The van der Waals surface area contributed by atoms with Crippen LogP contribution in [-0.4, -0.2) is 33.9 Å². The monoisotopic (exact) mass is 414 g/mol. The van der Waals surface area contributed by atoms with Gasteiger partial charge in [0.05, 0.1) is 12.2 Å². The molecule has 0 atom stereocenters. The van der Waals surface area contributed by atoms with E-state index < -0.39 is 21.7 Å². The Hall–Kier alpha value is -3.73. The fraction of sp³-hybridized carbons (Fsp3) is 0.0556. The van der Waals surface area contributed by atoms with Gasteiger partial charge in [0.15, 0.2) is 11.5 Å². The number of hydrogen-bond acceptors (Lipinski definition) is 5. The number of rotatable bonds is 6. The second-order valence-corrected chi connectivity index (χ2v) is 7.74. The Morgan fingerprint density at radius 3 is 2.76 bits per heavy atom. The molecule has 0 fully saturated rings. The quantitative estimate of drug-likeness (QED) is 0.445. The van der Waals surface area contributed by atoms with Gasteiger partial charge in [-0.15, -0.1) is 10.2 Å². The van der Waals surface area contributed by atoms with E-state index in [1.165, 1.54) is 24.3 Å². The Labute approximate surface area is 164 Å². The van der Waals surface area contributed by atoms with Crippen LogP contribution in [0.3, 0.4) is 0 Å². The minimum absolute atomic E-state index is 0.0349. The van der Waals surface area contributed by atoms with E-state index in [0.29, 0.717) is 11.5 Å². The molecule has 4 aromatic rings. The second-order valence-electron chi connectivity index (χ2n) is 6.06. The van der Waals surface area contributed by atoms with E-state index in [9.17, 15) is 17.6 Å². The van der Waals surface area contributed by atoms with Crippen LogP contribution in [0, 0.1) is 5.82 Å². The highest BCUT2D eigenvalue weighted by Gasteiger charge is 2.20. The van der Waals surface area contributed by atoms with Crippen molar-refractivity contribution in [3.8, 4) is 0 Å². The summed E-state index contributed by atoms with van der Waals surface area (Å²) >= 11 is 0. The van der Waals surface area contributed by atoms with Gasteiger partial charge in [-0.25, -0.2) is 12.8 Å². The number of aromatic nitrogens is 4. The largest absolute Gasteiger partial charge is 0.356 e. The lowest BCUT2D eigenvalue weighted by molar-refractivity contribution is 0.0945. The predicted molar refractivity (Wildman–Crippen MR) is 102 cm³/mol. The van der Waals surface area contributed by atoms with Crippen molar-refractivity contribution in [2.75, 3.05) is 4.72 Å². The van der Waals surface area contributed by atoms with Crippen LogP contribution in [0.2, 0.25) is 0 Å². The Kier molecular flexibility index (Phi) is 4.72. The molecule has 3 heterocycles. The predicted octanol–water partition coefficient (Wildman–Crippen LogP) is 1.93. The third-order valence-electron chi connectivity index (χ3n) is 4.12. The van der Waals surface area contributed by atoms with Gasteiger partial charge in [-0.3, -0.25) is 13.9 Å². The molecule has 0 saturated carbocycles. The molecule has 0 spiro atoms. The zero-order valence-electron chi connectivity index (χ0n) is 14.8. The molecule has 0 aliphatic rings. The fourth-order valence-corrected chi connectivity index (χ4v) is 3.73. The van der Waals surface area contributed by atoms with E-state index in [0.717, 1.165) is 12.3 Å². The highest BCUT2D eigenvalue weighted by atomic mass is 32.2. The van der Waals surface area contributed by atoms with Gasteiger partial charge in [0.25, 0.3) is 15.9 Å². The number of para-hydroxylation sites is 1. The van der Waals surface area contributed by atoms with Crippen molar-refractivity contribution >= 4 is 27.3 Å². The summed E-state index contributed by atoms with van der Waals surface area (Å²) in [6.07, 6.45) is 2.93. The van der Waals surface area contributed by atoms with Crippen molar-refractivity contribution in [1.82, 2.24) is 24.9 Å². The van der Waals surface area contributed by atoms with Crippen molar-refractivity contribution in [2.45, 2.75) is 11.4 Å². The normalized spacial score (nSPS) is 11.5. The molecule has 3 aromatic heterocycles. The molecule has 0 aliphatic heterocycles. The van der Waals surface area contributed by atoms with Crippen molar-refractivity contribution in [2.24, 2.45) is 0 Å². The number of amides is 1. The summed E-state index contributed by atoms with van der Waals surface area (Å²) in [5.41, 5.74) is 0.496. The number of nitrogens with zero attached hydrogens (tertiary/aromatic N) is 3. The summed E-state index contributed by atoms with van der Waals surface area (Å²) in [5, 5.41) is 10.6. The van der Waals surface area contributed by atoms with Crippen molar-refractivity contribution in [1.29, 1.82) is 0 Å². The molecule has 1 aromatic carbocycles. The van der Waals surface area contributed by atoms with Gasteiger partial charge in [0, 0.05) is 12.4 Å². The third kappa shape index (κ3) is 3.80. The van der Waals surface area contributed by atoms with Gasteiger partial charge in [-0.1, -0.05) is 18.2 Å². The van der Waals surface area contributed by atoms with E-state index in [-0.39, 0.29) is 22.8 Å². The number of nitrogens with one attached hydrogen (secondary N) is 3. The smallest absolute Gasteiger partial charge is 0.268 e. The third-order valence-corrected chi connectivity index (χ3v) is 5.47. The van der Waals surface area contributed by atoms with Gasteiger partial charge in [-0.05, 0) is 30.3 Å². The maximum Gasteiger partial charge on any atom is 0.268 e. The number of H-pyrrole nitrogens is 1. The number of benzene rings is 1. The minimum atomic E-state index is -4.06. The summed E-state index contributed by atoms with van der Waals surface area (Å²) in [5.74, 6) is -0.704. The summed E-state index contributed by atoms with van der Waals surface area (Å²) < 4.78 is 42.4. The first-order valence-corrected chi connectivity index (χ1v) is 9.95. The molecule has 4 rings (SSSR count). The summed E-state index contributed by atoms with van der Waals surface area (Å²) in [4.78, 5) is 14.8. The molecule has 0 saturated heterocycles. The maximum atomic E-state index is 13.7. The number of fused-ring (bicyclic) bond motifs is 1. The molecule has 29 heavy (non-hydrogen) atoms. The molecule has 9 nitrogen and oxygen atoms in total. The number of sulfonamides is 1. The first kappa shape index (κ1) is 18.6. The molecular weight excluding hydrogens is 399 g/mol. The zero-order valence-corrected chi connectivity index (χ0v) is 15.6. The van der Waals surface area contributed by atoms with E-state index in [1.807, 2.05) is 12.1 Å². The molecule has 11 heteroatoms. The standard InChI is InChI=1S/C18H15FN6O3S/c19-13-5-1-2-6-14(13)24-29(27,28)12-9-15(20-10-12)18(26)21-11-17-23-22-16-7-3-4-8-25(16)17/h1-10,20,24H,11H2,(H,21,26). The van der Waals surface area contributed by atoms with Crippen LogP contribution in [-0.2, 0) is 16.6 Å². The highest BCUT2D eigenvalue weighted by molar-refractivity contribution is 7.92. The van der Waals surface area contributed by atoms with Gasteiger partial charge >= 0.3 is 0 Å². The van der Waals surface area contributed by atoms with Crippen LogP contribution in [0.1, 0.15) is 16.3 Å². The van der Waals surface area contributed by atoms with Gasteiger partial charge < -0.3 is 10.3 Å². The summed E-state index contributed by atoms with van der Waals surface area (Å²) in [7, 11) is -4.06. The van der Waals surface area contributed by atoms with Gasteiger partial charge in [0.1, 0.15) is 16.4 Å². The summed E-state index contributed by atoms with van der Waals surface area (Å²) in [6, 6.07) is 12.0. The fourth-order valence-electron chi connectivity index (χ4n) is 2.67. The topological polar surface area (TPSA) is 121 Å². The Morgan fingerprint density at radius 2 is 1.93 bits per heavy atom. The zero-order chi connectivity index (χ0) is 20.4. The average Bonchev–Trinajstić information content (AvgIpc) is 3.36. The average molecular weight is 414 g/mol. The van der Waals surface area contributed by atoms with Crippen molar-refractivity contribution in [3.63, 3.8) is 0 Å². The van der Waals surface area contributed by atoms with E-state index >= 15 is 0 Å². The number of carbonyl (C=O) groups is 1. The van der Waals surface area contributed by atoms with Gasteiger partial charge in [0.2, 0.25) is 0 Å². The molecule has 1 amide bonds. The molecule has 0 aliphatic carbocycles. The number of hydrogen-bond donors (Lipinski definition) is 3.